The van der Waals surface area contributed by atoms with Crippen LogP contribution < -0.4 is 10.2 Å². The van der Waals surface area contributed by atoms with Crippen molar-refractivity contribution in [1.29, 1.82) is 0 Å². The monoisotopic (exact) mass is 430 g/mol. The zero-order valence-corrected chi connectivity index (χ0v) is 16.4. The minimum absolute atomic E-state index is 0.0249. The summed E-state index contributed by atoms with van der Waals surface area (Å²) in [5.74, 6) is -0.849. The fraction of sp³-hybridized carbons (Fsp3) is 0.105. The third-order valence-corrected chi connectivity index (χ3v) is 4.77. The van der Waals surface area contributed by atoms with Crippen LogP contribution in [0.4, 0.5) is 5.69 Å². The van der Waals surface area contributed by atoms with Crippen LogP contribution in [-0.4, -0.2) is 22.0 Å². The molecule has 0 spiro atoms. The normalized spacial score (nSPS) is 16.2. The summed E-state index contributed by atoms with van der Waals surface area (Å²) in [4.78, 5) is 26.6. The highest BCUT2D eigenvalue weighted by molar-refractivity contribution is 9.10. The predicted octanol–water partition coefficient (Wildman–Crippen LogP) is 3.60. The highest BCUT2D eigenvalue weighted by Crippen LogP contribution is 2.27. The van der Waals surface area contributed by atoms with E-state index in [-0.39, 0.29) is 16.4 Å². The van der Waals surface area contributed by atoms with E-state index >= 15 is 0 Å². The molecule has 2 amide bonds. The Balaban J connectivity index is 2.06. The van der Waals surface area contributed by atoms with Crippen LogP contribution in [0.1, 0.15) is 16.7 Å². The Bertz CT molecular complexity index is 961. The number of amides is 2. The second-order valence-electron chi connectivity index (χ2n) is 5.94. The quantitative estimate of drug-likeness (QED) is 0.433. The van der Waals surface area contributed by atoms with Gasteiger partial charge in [-0.2, -0.15) is 0 Å². The number of phenols is 1. The number of carbonyl (C=O) groups excluding carboxylic acids is 2. The Kier molecular flexibility index (Phi) is 4.93. The topological polar surface area (TPSA) is 69.6 Å². The van der Waals surface area contributed by atoms with Crippen molar-refractivity contribution in [2.75, 3.05) is 4.90 Å². The fourth-order valence-electron chi connectivity index (χ4n) is 2.75. The van der Waals surface area contributed by atoms with Gasteiger partial charge in [0.2, 0.25) is 0 Å². The predicted molar refractivity (Wildman–Crippen MR) is 108 cm³/mol. The van der Waals surface area contributed by atoms with E-state index in [2.05, 4.69) is 21.2 Å². The van der Waals surface area contributed by atoms with Crippen LogP contribution in [0.25, 0.3) is 6.08 Å². The summed E-state index contributed by atoms with van der Waals surface area (Å²) in [5, 5.41) is 12.5. The van der Waals surface area contributed by atoms with Crippen LogP contribution in [0, 0.1) is 13.8 Å². The van der Waals surface area contributed by atoms with Gasteiger partial charge in [-0.1, -0.05) is 22.0 Å². The minimum atomic E-state index is -0.547. The number of aryl methyl sites for hydroxylation is 2. The van der Waals surface area contributed by atoms with Crippen LogP contribution in [-0.2, 0) is 9.59 Å². The standard InChI is InChI=1S/C19H15BrN2O3S/c1-10-6-12(7-11(2)16(10)23)8-15-17(24)21-19(26)22(18(15)25)14-5-3-4-13(20)9-14/h3-9,23H,1-2H3,(H,21,24,26). The molecule has 2 aromatic rings. The molecule has 5 nitrogen and oxygen atoms in total. The second kappa shape index (κ2) is 7.01. The zero-order chi connectivity index (χ0) is 19.0. The van der Waals surface area contributed by atoms with Crippen molar-refractivity contribution in [2.24, 2.45) is 0 Å². The molecule has 0 aromatic heterocycles. The molecule has 3 rings (SSSR count). The van der Waals surface area contributed by atoms with Crippen molar-refractivity contribution in [1.82, 2.24) is 5.32 Å². The van der Waals surface area contributed by atoms with Crippen molar-refractivity contribution in [3.05, 3.63) is 63.1 Å². The van der Waals surface area contributed by atoms with Gasteiger partial charge in [0.15, 0.2) is 5.11 Å². The van der Waals surface area contributed by atoms with E-state index in [0.717, 1.165) is 4.47 Å². The van der Waals surface area contributed by atoms with E-state index < -0.39 is 11.8 Å². The zero-order valence-electron chi connectivity index (χ0n) is 14.0. The lowest BCUT2D eigenvalue weighted by atomic mass is 10.0. The summed E-state index contributed by atoms with van der Waals surface area (Å²) >= 11 is 8.55. The Hall–Kier alpha value is -2.51. The molecule has 1 aliphatic heterocycles. The van der Waals surface area contributed by atoms with Gasteiger partial charge in [0.05, 0.1) is 5.69 Å². The first-order valence-corrected chi connectivity index (χ1v) is 8.95. The van der Waals surface area contributed by atoms with Gasteiger partial charge in [-0.25, -0.2) is 0 Å². The number of thiocarbonyl (C=S) groups is 1. The molecule has 1 heterocycles. The maximum atomic E-state index is 12.9. The second-order valence-corrected chi connectivity index (χ2v) is 7.24. The van der Waals surface area contributed by atoms with Crippen molar-refractivity contribution >= 4 is 56.8 Å². The van der Waals surface area contributed by atoms with Crippen molar-refractivity contribution in [3.63, 3.8) is 0 Å². The molecule has 1 saturated heterocycles. The van der Waals surface area contributed by atoms with Gasteiger partial charge in [-0.3, -0.25) is 19.8 Å². The first kappa shape index (κ1) is 18.3. The Labute approximate surface area is 164 Å². The molecule has 2 N–H and O–H groups in total. The lowest BCUT2D eigenvalue weighted by Gasteiger charge is -2.29. The molecule has 2 aromatic carbocycles. The number of hydrogen-bond donors (Lipinski definition) is 2. The van der Waals surface area contributed by atoms with Crippen LogP contribution in [0.2, 0.25) is 0 Å². The summed E-state index contributed by atoms with van der Waals surface area (Å²) in [6.45, 7) is 3.52. The van der Waals surface area contributed by atoms with Gasteiger partial charge >= 0.3 is 0 Å². The number of anilines is 1. The molecule has 0 unspecified atom stereocenters. The van der Waals surface area contributed by atoms with Gasteiger partial charge in [0, 0.05) is 4.47 Å². The number of phenolic OH excluding ortho intramolecular Hbond substituents is 1. The van der Waals surface area contributed by atoms with Gasteiger partial charge in [0.25, 0.3) is 11.8 Å². The largest absolute Gasteiger partial charge is 0.507 e. The third-order valence-electron chi connectivity index (χ3n) is 3.99. The molecule has 1 fully saturated rings. The average Bonchev–Trinajstić information content (AvgIpc) is 2.56. The van der Waals surface area contributed by atoms with Crippen LogP contribution in [0.5, 0.6) is 5.75 Å². The van der Waals surface area contributed by atoms with Crippen molar-refractivity contribution in [2.45, 2.75) is 13.8 Å². The van der Waals surface area contributed by atoms with Crippen molar-refractivity contribution in [3.8, 4) is 5.75 Å². The molecule has 0 bridgehead atoms. The molecule has 26 heavy (non-hydrogen) atoms. The summed E-state index contributed by atoms with van der Waals surface area (Å²) in [6.07, 6.45) is 1.50. The van der Waals surface area contributed by atoms with E-state index in [1.807, 2.05) is 6.07 Å². The van der Waals surface area contributed by atoms with Gasteiger partial charge in [0.1, 0.15) is 11.3 Å². The molecule has 132 valence electrons. The smallest absolute Gasteiger partial charge is 0.270 e. The Morgan fingerprint density at radius 3 is 2.42 bits per heavy atom. The van der Waals surface area contributed by atoms with Gasteiger partial charge in [-0.15, -0.1) is 0 Å². The SMILES string of the molecule is Cc1cc(C=C2C(=O)NC(=S)N(c3cccc(Br)c3)C2=O)cc(C)c1O. The number of nitrogens with zero attached hydrogens (tertiary/aromatic N) is 1. The van der Waals surface area contributed by atoms with E-state index in [0.29, 0.717) is 22.4 Å². The first-order valence-electron chi connectivity index (χ1n) is 7.75. The molecular weight excluding hydrogens is 416 g/mol. The van der Waals surface area contributed by atoms with Crippen molar-refractivity contribution < 1.29 is 14.7 Å². The number of hydrogen-bond acceptors (Lipinski definition) is 4. The highest BCUT2D eigenvalue weighted by Gasteiger charge is 2.34. The van der Waals surface area contributed by atoms with Gasteiger partial charge < -0.3 is 5.11 Å². The number of rotatable bonds is 2. The summed E-state index contributed by atoms with van der Waals surface area (Å²) < 4.78 is 0.790. The maximum absolute atomic E-state index is 12.9. The minimum Gasteiger partial charge on any atom is -0.507 e. The molecule has 1 aliphatic rings. The lowest BCUT2D eigenvalue weighted by molar-refractivity contribution is -0.122. The van der Waals surface area contributed by atoms with Crippen LogP contribution in [0.15, 0.2) is 46.4 Å². The lowest BCUT2D eigenvalue weighted by Crippen LogP contribution is -2.54. The fourth-order valence-corrected chi connectivity index (χ4v) is 3.41. The first-order chi connectivity index (χ1) is 12.3. The summed E-state index contributed by atoms with van der Waals surface area (Å²) in [6, 6.07) is 10.5. The number of aromatic hydroxyl groups is 1. The third kappa shape index (κ3) is 3.40. The van der Waals surface area contributed by atoms with Crippen LogP contribution >= 0.6 is 28.1 Å². The van der Waals surface area contributed by atoms with Gasteiger partial charge in [-0.05, 0) is 79.2 Å². The molecule has 0 radical (unpaired) electrons. The summed E-state index contributed by atoms with van der Waals surface area (Å²) in [5.41, 5.74) is 2.51. The molecule has 0 atom stereocenters. The Morgan fingerprint density at radius 2 is 1.81 bits per heavy atom. The van der Waals surface area contributed by atoms with E-state index in [9.17, 15) is 14.7 Å². The average molecular weight is 431 g/mol. The number of benzene rings is 2. The maximum Gasteiger partial charge on any atom is 0.270 e. The molecule has 7 heteroatoms. The molecular formula is C19H15BrN2O3S. The number of carbonyl (C=O) groups is 2. The van der Waals surface area contributed by atoms with E-state index in [1.54, 1.807) is 44.2 Å². The van der Waals surface area contributed by atoms with E-state index in [1.165, 1.54) is 11.0 Å². The Morgan fingerprint density at radius 1 is 1.15 bits per heavy atom. The number of halogens is 1. The summed E-state index contributed by atoms with van der Waals surface area (Å²) in [7, 11) is 0. The highest BCUT2D eigenvalue weighted by atomic mass is 79.9. The molecule has 0 saturated carbocycles. The van der Waals surface area contributed by atoms with E-state index in [4.69, 9.17) is 12.2 Å². The number of nitrogens with one attached hydrogen (secondary N) is 1. The van der Waals surface area contributed by atoms with Crippen LogP contribution in [0.3, 0.4) is 0 Å². The molecule has 0 aliphatic carbocycles.